The summed E-state index contributed by atoms with van der Waals surface area (Å²) in [5.41, 5.74) is 2.62. The molecule has 1 aliphatic heterocycles. The predicted octanol–water partition coefficient (Wildman–Crippen LogP) is 1.75. The van der Waals surface area contributed by atoms with Gasteiger partial charge in [-0.15, -0.1) is 0 Å². The summed E-state index contributed by atoms with van der Waals surface area (Å²) < 4.78 is 0. The molecule has 2 fully saturated rings. The van der Waals surface area contributed by atoms with Gasteiger partial charge in [-0.05, 0) is 61.8 Å². The molecule has 3 rings (SSSR count). The summed E-state index contributed by atoms with van der Waals surface area (Å²) in [6.07, 6.45) is 2.20. The van der Waals surface area contributed by atoms with Crippen molar-refractivity contribution in [3.63, 3.8) is 0 Å². The van der Waals surface area contributed by atoms with Crippen molar-refractivity contribution < 1.29 is 19.5 Å². The number of aryl methyl sites for hydroxylation is 2. The average Bonchev–Trinajstić information content (AvgIpc) is 3.29. The lowest BCUT2D eigenvalue weighted by Gasteiger charge is -2.32. The molecule has 2 aliphatic rings. The van der Waals surface area contributed by atoms with Crippen molar-refractivity contribution in [2.45, 2.75) is 33.1 Å². The van der Waals surface area contributed by atoms with E-state index in [9.17, 15) is 14.4 Å². The molecule has 25 heavy (non-hydrogen) atoms. The molecule has 2 amide bonds. The van der Waals surface area contributed by atoms with E-state index in [4.69, 9.17) is 5.11 Å². The van der Waals surface area contributed by atoms with Crippen molar-refractivity contribution >= 4 is 17.8 Å². The van der Waals surface area contributed by atoms with E-state index in [0.29, 0.717) is 18.7 Å². The maximum absolute atomic E-state index is 12.3. The zero-order valence-corrected chi connectivity index (χ0v) is 14.7. The minimum Gasteiger partial charge on any atom is -0.481 e. The van der Waals surface area contributed by atoms with Crippen LogP contribution in [0.5, 0.6) is 0 Å². The zero-order chi connectivity index (χ0) is 18.2. The van der Waals surface area contributed by atoms with Crippen molar-refractivity contribution in [2.24, 2.45) is 11.3 Å². The smallest absolute Gasteiger partial charge is 0.307 e. The molecule has 1 unspecified atom stereocenters. The molecule has 134 valence electrons. The Morgan fingerprint density at radius 3 is 2.44 bits per heavy atom. The summed E-state index contributed by atoms with van der Waals surface area (Å²) in [5, 5.41) is 11.8. The van der Waals surface area contributed by atoms with Crippen molar-refractivity contribution in [2.75, 3.05) is 19.6 Å². The first-order valence-corrected chi connectivity index (χ1v) is 8.68. The summed E-state index contributed by atoms with van der Waals surface area (Å²) in [5.74, 6) is -1.33. The van der Waals surface area contributed by atoms with Crippen molar-refractivity contribution in [3.05, 3.63) is 34.9 Å². The van der Waals surface area contributed by atoms with E-state index in [0.717, 1.165) is 30.4 Å². The summed E-state index contributed by atoms with van der Waals surface area (Å²) in [7, 11) is 0. The quantitative estimate of drug-likeness (QED) is 0.871. The molecule has 6 heteroatoms. The van der Waals surface area contributed by atoms with Crippen LogP contribution in [0.25, 0.3) is 0 Å². The highest BCUT2D eigenvalue weighted by molar-refractivity contribution is 5.96. The SMILES string of the molecule is Cc1ccc(C(=O)NCC(=O)N2CCC3(CC2)CC3C(=O)O)cc1C. The van der Waals surface area contributed by atoms with Gasteiger partial charge in [-0.3, -0.25) is 14.4 Å². The molecule has 1 aliphatic carbocycles. The standard InChI is InChI=1S/C19H24N2O4/c1-12-3-4-14(9-13(12)2)17(23)20-11-16(22)21-7-5-19(6-8-21)10-15(19)18(24)25/h3-4,9,15H,5-8,10-11H2,1-2H3,(H,20,23)(H,24,25). The summed E-state index contributed by atoms with van der Waals surface area (Å²) in [4.78, 5) is 37.3. The van der Waals surface area contributed by atoms with Crippen LogP contribution in [0.2, 0.25) is 0 Å². The lowest BCUT2D eigenvalue weighted by atomic mass is 9.91. The van der Waals surface area contributed by atoms with Gasteiger partial charge in [0.05, 0.1) is 12.5 Å². The molecule has 1 atom stereocenters. The molecule has 1 saturated heterocycles. The van der Waals surface area contributed by atoms with E-state index in [1.165, 1.54) is 0 Å². The number of likely N-dealkylation sites (tertiary alicyclic amines) is 1. The fraction of sp³-hybridized carbons (Fsp3) is 0.526. The number of carboxylic acid groups (broad SMARTS) is 1. The van der Waals surface area contributed by atoms with Crippen LogP contribution >= 0.6 is 0 Å². The number of carbonyl (C=O) groups excluding carboxylic acids is 2. The van der Waals surface area contributed by atoms with Gasteiger partial charge < -0.3 is 15.3 Å². The summed E-state index contributed by atoms with van der Waals surface area (Å²) in [6.45, 7) is 5.05. The second-order valence-corrected chi connectivity index (χ2v) is 7.32. The van der Waals surface area contributed by atoms with Crippen molar-refractivity contribution in [1.82, 2.24) is 10.2 Å². The molecule has 0 aromatic heterocycles. The number of carbonyl (C=O) groups is 3. The Bertz CT molecular complexity index is 720. The molecule has 1 aromatic carbocycles. The molecule has 1 spiro atoms. The number of hydrogen-bond donors (Lipinski definition) is 2. The number of hydrogen-bond acceptors (Lipinski definition) is 3. The molecule has 1 heterocycles. The first kappa shape index (κ1) is 17.5. The molecule has 1 aromatic rings. The maximum atomic E-state index is 12.3. The van der Waals surface area contributed by atoms with E-state index < -0.39 is 5.97 Å². The Morgan fingerprint density at radius 2 is 1.88 bits per heavy atom. The number of rotatable bonds is 4. The highest BCUT2D eigenvalue weighted by atomic mass is 16.4. The topological polar surface area (TPSA) is 86.7 Å². The van der Waals surface area contributed by atoms with Gasteiger partial charge in [-0.1, -0.05) is 6.07 Å². The molecule has 2 N–H and O–H groups in total. The van der Waals surface area contributed by atoms with Gasteiger partial charge in [0.25, 0.3) is 5.91 Å². The number of nitrogens with zero attached hydrogens (tertiary/aromatic N) is 1. The minimum absolute atomic E-state index is 0.0267. The minimum atomic E-state index is -0.722. The van der Waals surface area contributed by atoms with E-state index in [2.05, 4.69) is 5.32 Å². The fourth-order valence-corrected chi connectivity index (χ4v) is 3.70. The number of aliphatic carboxylic acids is 1. The van der Waals surface area contributed by atoms with Gasteiger partial charge in [0.15, 0.2) is 0 Å². The van der Waals surface area contributed by atoms with Crippen LogP contribution in [0.3, 0.4) is 0 Å². The second kappa shape index (κ2) is 6.50. The highest BCUT2D eigenvalue weighted by Gasteiger charge is 2.59. The van der Waals surface area contributed by atoms with Gasteiger partial charge in [-0.25, -0.2) is 0 Å². The Kier molecular flexibility index (Phi) is 4.54. The first-order chi connectivity index (χ1) is 11.8. The third kappa shape index (κ3) is 3.52. The number of benzene rings is 1. The Labute approximate surface area is 147 Å². The third-order valence-corrected chi connectivity index (χ3v) is 5.77. The second-order valence-electron chi connectivity index (χ2n) is 7.32. The van der Waals surface area contributed by atoms with Gasteiger partial charge in [0.2, 0.25) is 5.91 Å². The zero-order valence-electron chi connectivity index (χ0n) is 14.7. The van der Waals surface area contributed by atoms with Crippen LogP contribution in [0, 0.1) is 25.2 Å². The van der Waals surface area contributed by atoms with Crippen molar-refractivity contribution in [3.8, 4) is 0 Å². The molecular weight excluding hydrogens is 320 g/mol. The Hall–Kier alpha value is -2.37. The van der Waals surface area contributed by atoms with E-state index in [1.54, 1.807) is 11.0 Å². The molecule has 6 nitrogen and oxygen atoms in total. The van der Waals surface area contributed by atoms with E-state index >= 15 is 0 Å². The monoisotopic (exact) mass is 344 g/mol. The first-order valence-electron chi connectivity index (χ1n) is 8.68. The number of piperidine rings is 1. The summed E-state index contributed by atoms with van der Waals surface area (Å²) >= 11 is 0. The van der Waals surface area contributed by atoms with Crippen molar-refractivity contribution in [1.29, 1.82) is 0 Å². The average molecular weight is 344 g/mol. The summed E-state index contributed by atoms with van der Waals surface area (Å²) in [6, 6.07) is 5.47. The predicted molar refractivity (Wildman–Crippen MR) is 92.2 cm³/mol. The number of nitrogens with one attached hydrogen (secondary N) is 1. The highest BCUT2D eigenvalue weighted by Crippen LogP contribution is 2.59. The Morgan fingerprint density at radius 1 is 1.20 bits per heavy atom. The van der Waals surface area contributed by atoms with Crippen LogP contribution < -0.4 is 5.32 Å². The van der Waals surface area contributed by atoms with Crippen LogP contribution in [0.1, 0.15) is 40.7 Å². The molecular formula is C19H24N2O4. The fourth-order valence-electron chi connectivity index (χ4n) is 3.70. The molecule has 1 saturated carbocycles. The molecule has 0 bridgehead atoms. The number of carboxylic acids is 1. The largest absolute Gasteiger partial charge is 0.481 e. The lowest BCUT2D eigenvalue weighted by molar-refractivity contribution is -0.139. The van der Waals surface area contributed by atoms with Gasteiger partial charge in [-0.2, -0.15) is 0 Å². The van der Waals surface area contributed by atoms with E-state index in [-0.39, 0.29) is 29.7 Å². The molecule has 0 radical (unpaired) electrons. The van der Waals surface area contributed by atoms with Crippen LogP contribution in [-0.2, 0) is 9.59 Å². The lowest BCUT2D eigenvalue weighted by Crippen LogP contribution is -2.45. The van der Waals surface area contributed by atoms with E-state index in [1.807, 2.05) is 26.0 Å². The third-order valence-electron chi connectivity index (χ3n) is 5.77. The van der Waals surface area contributed by atoms with Crippen LogP contribution in [0.15, 0.2) is 18.2 Å². The maximum Gasteiger partial charge on any atom is 0.307 e. The normalized spacial score (nSPS) is 21.0. The van der Waals surface area contributed by atoms with Gasteiger partial charge in [0.1, 0.15) is 0 Å². The van der Waals surface area contributed by atoms with Crippen LogP contribution in [-0.4, -0.2) is 47.4 Å². The Balaban J connectivity index is 1.48. The number of amides is 2. The van der Waals surface area contributed by atoms with Crippen LogP contribution in [0.4, 0.5) is 0 Å². The van der Waals surface area contributed by atoms with Gasteiger partial charge >= 0.3 is 5.97 Å². The van der Waals surface area contributed by atoms with Gasteiger partial charge in [0, 0.05) is 18.7 Å².